The maximum absolute atomic E-state index is 12.3. The van der Waals surface area contributed by atoms with Crippen LogP contribution in [0.3, 0.4) is 0 Å². The minimum atomic E-state index is -0.777. The van der Waals surface area contributed by atoms with Crippen LogP contribution in [0, 0.1) is 0 Å². The number of carbonyl (C=O) groups is 2. The van der Waals surface area contributed by atoms with Crippen molar-refractivity contribution in [3.05, 3.63) is 71.8 Å². The molecule has 7 heteroatoms. The Morgan fingerprint density at radius 3 is 1.52 bits per heavy atom. The molecule has 0 bridgehead atoms. The zero-order valence-corrected chi connectivity index (χ0v) is 18.3. The highest BCUT2D eigenvalue weighted by Gasteiger charge is 2.17. The van der Waals surface area contributed by atoms with E-state index in [4.69, 9.17) is 4.74 Å². The van der Waals surface area contributed by atoms with Crippen molar-refractivity contribution >= 4 is 44.9 Å². The zero-order valence-electron chi connectivity index (χ0n) is 18.3. The lowest BCUT2D eigenvalue weighted by atomic mass is 10.0. The first-order chi connectivity index (χ1) is 15.9. The number of phenolic OH excluding ortho intramolecular Hbond substituents is 2. The molecule has 0 saturated heterocycles. The smallest absolute Gasteiger partial charge is 0.318 e. The molecule has 0 heterocycles. The van der Waals surface area contributed by atoms with Gasteiger partial charge in [-0.25, -0.2) is 0 Å². The molecule has 0 radical (unpaired) electrons. The molecule has 4 aromatic carbocycles. The SMILES string of the molecule is CNc1ccc2c(O)c(CC(=O)OC(=O)Cc3ccc4cc(NC)ccc4c3O)ccc2c1. The average molecular weight is 444 g/mol. The third-order valence-electron chi connectivity index (χ3n) is 5.62. The Labute approximate surface area is 190 Å². The van der Waals surface area contributed by atoms with Crippen LogP contribution in [-0.4, -0.2) is 36.2 Å². The summed E-state index contributed by atoms with van der Waals surface area (Å²) in [7, 11) is 3.61. The molecule has 0 fully saturated rings. The molecule has 0 atom stereocenters. The van der Waals surface area contributed by atoms with E-state index in [2.05, 4.69) is 10.6 Å². The monoisotopic (exact) mass is 444 g/mol. The number of ether oxygens (including phenoxy) is 1. The average Bonchev–Trinajstić information content (AvgIpc) is 2.82. The number of hydrogen-bond acceptors (Lipinski definition) is 7. The van der Waals surface area contributed by atoms with Crippen molar-refractivity contribution in [3.8, 4) is 11.5 Å². The molecule has 4 N–H and O–H groups in total. The highest BCUT2D eigenvalue weighted by atomic mass is 16.6. The molecule has 33 heavy (non-hydrogen) atoms. The van der Waals surface area contributed by atoms with Gasteiger partial charge >= 0.3 is 11.9 Å². The molecule has 0 saturated carbocycles. The number of phenols is 2. The lowest BCUT2D eigenvalue weighted by Crippen LogP contribution is -2.16. The van der Waals surface area contributed by atoms with E-state index in [1.165, 1.54) is 0 Å². The molecule has 7 nitrogen and oxygen atoms in total. The summed E-state index contributed by atoms with van der Waals surface area (Å²) in [5.41, 5.74) is 2.54. The van der Waals surface area contributed by atoms with Gasteiger partial charge in [-0.3, -0.25) is 9.59 Å². The molecule has 168 valence electrons. The van der Waals surface area contributed by atoms with Crippen molar-refractivity contribution in [2.75, 3.05) is 24.7 Å². The molecule has 0 aliphatic carbocycles. The van der Waals surface area contributed by atoms with Gasteiger partial charge in [-0.2, -0.15) is 0 Å². The second kappa shape index (κ2) is 9.08. The minimum Gasteiger partial charge on any atom is -0.507 e. The highest BCUT2D eigenvalue weighted by molar-refractivity contribution is 5.95. The van der Waals surface area contributed by atoms with Crippen LogP contribution in [0.1, 0.15) is 11.1 Å². The number of rotatable bonds is 6. The first-order valence-corrected chi connectivity index (χ1v) is 10.5. The molecular weight excluding hydrogens is 420 g/mol. The van der Waals surface area contributed by atoms with E-state index in [0.717, 1.165) is 22.1 Å². The lowest BCUT2D eigenvalue weighted by molar-refractivity contribution is -0.158. The van der Waals surface area contributed by atoms with Crippen LogP contribution in [0.4, 0.5) is 11.4 Å². The standard InChI is InChI=1S/C26H24N2O5/c1-27-19-7-9-21-15(11-19)3-5-17(25(21)31)13-23(29)33-24(30)14-18-6-4-16-12-20(28-2)8-10-22(16)26(18)32/h3-12,27-28,31-32H,13-14H2,1-2H3. The molecule has 0 aromatic heterocycles. The summed E-state index contributed by atoms with van der Waals surface area (Å²) in [5.74, 6) is -1.60. The lowest BCUT2D eigenvalue weighted by Gasteiger charge is -2.10. The summed E-state index contributed by atoms with van der Waals surface area (Å²) >= 11 is 0. The van der Waals surface area contributed by atoms with Gasteiger partial charge in [0.25, 0.3) is 0 Å². The number of benzene rings is 4. The van der Waals surface area contributed by atoms with Crippen molar-refractivity contribution in [2.45, 2.75) is 12.8 Å². The van der Waals surface area contributed by atoms with Gasteiger partial charge in [0.15, 0.2) is 0 Å². The predicted octanol–water partition coefficient (Wildman–Crippen LogP) is 4.34. The van der Waals surface area contributed by atoms with Crippen LogP contribution in [0.5, 0.6) is 11.5 Å². The van der Waals surface area contributed by atoms with Crippen molar-refractivity contribution in [1.82, 2.24) is 0 Å². The van der Waals surface area contributed by atoms with Crippen LogP contribution >= 0.6 is 0 Å². The normalized spacial score (nSPS) is 10.8. The molecule has 0 aliphatic rings. The Morgan fingerprint density at radius 1 is 0.697 bits per heavy atom. The van der Waals surface area contributed by atoms with Crippen molar-refractivity contribution in [1.29, 1.82) is 0 Å². The minimum absolute atomic E-state index is 0.0207. The molecule has 0 amide bonds. The molecule has 0 unspecified atom stereocenters. The number of hydrogen-bond donors (Lipinski definition) is 4. The van der Waals surface area contributed by atoms with Gasteiger partial charge in [-0.1, -0.05) is 24.3 Å². The Kier molecular flexibility index (Phi) is 6.04. The van der Waals surface area contributed by atoms with Crippen molar-refractivity contribution in [3.63, 3.8) is 0 Å². The van der Waals surface area contributed by atoms with Gasteiger partial charge in [0.1, 0.15) is 11.5 Å². The fourth-order valence-electron chi connectivity index (χ4n) is 3.82. The van der Waals surface area contributed by atoms with Crippen LogP contribution < -0.4 is 10.6 Å². The highest BCUT2D eigenvalue weighted by Crippen LogP contribution is 2.32. The zero-order chi connectivity index (χ0) is 23.5. The second-order valence-corrected chi connectivity index (χ2v) is 7.72. The summed E-state index contributed by atoms with van der Waals surface area (Å²) in [6.07, 6.45) is -0.504. The Balaban J connectivity index is 1.45. The second-order valence-electron chi connectivity index (χ2n) is 7.72. The maximum atomic E-state index is 12.3. The summed E-state index contributed by atoms with van der Waals surface area (Å²) in [6.45, 7) is 0. The van der Waals surface area contributed by atoms with E-state index in [9.17, 15) is 19.8 Å². The number of fused-ring (bicyclic) bond motifs is 2. The maximum Gasteiger partial charge on any atom is 0.318 e. The van der Waals surface area contributed by atoms with Gasteiger partial charge in [-0.15, -0.1) is 0 Å². The Bertz CT molecular complexity index is 1280. The topological polar surface area (TPSA) is 108 Å². The first kappa shape index (κ1) is 22.0. The molecule has 0 aliphatic heterocycles. The van der Waals surface area contributed by atoms with E-state index in [-0.39, 0.29) is 24.3 Å². The number of aromatic hydroxyl groups is 2. The molecule has 0 spiro atoms. The molecular formula is C26H24N2O5. The summed E-state index contributed by atoms with van der Waals surface area (Å²) < 4.78 is 4.95. The van der Waals surface area contributed by atoms with Crippen LogP contribution in [-0.2, 0) is 27.2 Å². The first-order valence-electron chi connectivity index (χ1n) is 10.5. The Hall–Kier alpha value is -4.26. The number of anilines is 2. The van der Waals surface area contributed by atoms with Crippen LogP contribution in [0.15, 0.2) is 60.7 Å². The van der Waals surface area contributed by atoms with Crippen LogP contribution in [0.2, 0.25) is 0 Å². The van der Waals surface area contributed by atoms with Crippen molar-refractivity contribution < 1.29 is 24.5 Å². The third-order valence-corrected chi connectivity index (χ3v) is 5.62. The van der Waals surface area contributed by atoms with E-state index >= 15 is 0 Å². The summed E-state index contributed by atoms with van der Waals surface area (Å²) in [4.78, 5) is 24.7. The number of carbonyl (C=O) groups excluding carboxylic acids is 2. The number of nitrogens with one attached hydrogen (secondary N) is 2. The van der Waals surface area contributed by atoms with Gasteiger partial charge in [0.05, 0.1) is 12.8 Å². The van der Waals surface area contributed by atoms with Crippen molar-refractivity contribution in [2.24, 2.45) is 0 Å². The third kappa shape index (κ3) is 4.52. The summed E-state index contributed by atoms with van der Waals surface area (Å²) in [5, 5.41) is 30.0. The molecule has 4 aromatic rings. The van der Waals surface area contributed by atoms with E-state index in [1.807, 2.05) is 24.3 Å². The van der Waals surface area contributed by atoms with E-state index in [0.29, 0.717) is 21.9 Å². The van der Waals surface area contributed by atoms with Gasteiger partial charge in [0.2, 0.25) is 0 Å². The van der Waals surface area contributed by atoms with Crippen LogP contribution in [0.25, 0.3) is 21.5 Å². The molecule has 4 rings (SSSR count). The quantitative estimate of drug-likeness (QED) is 0.259. The van der Waals surface area contributed by atoms with Gasteiger partial charge in [0, 0.05) is 47.4 Å². The number of esters is 2. The van der Waals surface area contributed by atoms with Gasteiger partial charge < -0.3 is 25.6 Å². The Morgan fingerprint density at radius 2 is 1.12 bits per heavy atom. The van der Waals surface area contributed by atoms with Gasteiger partial charge in [-0.05, 0) is 47.2 Å². The fourth-order valence-corrected chi connectivity index (χ4v) is 3.82. The van der Waals surface area contributed by atoms with E-state index < -0.39 is 11.9 Å². The summed E-state index contributed by atoms with van der Waals surface area (Å²) in [6, 6.07) is 17.8. The largest absolute Gasteiger partial charge is 0.507 e. The predicted molar refractivity (Wildman–Crippen MR) is 129 cm³/mol. The fraction of sp³-hybridized carbons (Fsp3) is 0.154. The van der Waals surface area contributed by atoms with E-state index in [1.54, 1.807) is 50.5 Å².